The van der Waals surface area contributed by atoms with E-state index in [1.807, 2.05) is 4.90 Å². The zero-order valence-electron chi connectivity index (χ0n) is 12.7. The number of alkyl halides is 1. The predicted octanol–water partition coefficient (Wildman–Crippen LogP) is 3.16. The van der Waals surface area contributed by atoms with Crippen LogP contribution < -0.4 is 0 Å². The van der Waals surface area contributed by atoms with Gasteiger partial charge in [0, 0.05) is 18.5 Å². The van der Waals surface area contributed by atoms with Gasteiger partial charge in [-0.3, -0.25) is 9.59 Å². The van der Waals surface area contributed by atoms with Crippen molar-refractivity contribution in [3.63, 3.8) is 0 Å². The maximum atomic E-state index is 13.2. The summed E-state index contributed by atoms with van der Waals surface area (Å²) in [7, 11) is 0. The Balaban J connectivity index is 2.02. The van der Waals surface area contributed by atoms with Crippen molar-refractivity contribution in [3.8, 4) is 0 Å². The number of Topliss-reactive ketones (excluding diaryl/α,β-unsaturated/α-hetero) is 1. The lowest BCUT2D eigenvalue weighted by molar-refractivity contribution is -0.148. The molecule has 2 saturated carbocycles. The monoisotopic (exact) mass is 341 g/mol. The highest BCUT2D eigenvalue weighted by molar-refractivity contribution is 9.10. The van der Waals surface area contributed by atoms with Gasteiger partial charge in [0.15, 0.2) is 5.78 Å². The molecule has 0 radical (unpaired) electrons. The van der Waals surface area contributed by atoms with Gasteiger partial charge in [0.05, 0.1) is 10.2 Å². The van der Waals surface area contributed by atoms with E-state index < -0.39 is 5.41 Å². The van der Waals surface area contributed by atoms with Crippen LogP contribution in [-0.2, 0) is 9.59 Å². The molecular formula is C16H24BrNO2. The van der Waals surface area contributed by atoms with Gasteiger partial charge in [0.2, 0.25) is 5.91 Å². The van der Waals surface area contributed by atoms with E-state index in [0.717, 1.165) is 38.8 Å². The van der Waals surface area contributed by atoms with E-state index in [-0.39, 0.29) is 27.3 Å². The largest absolute Gasteiger partial charge is 0.342 e. The molecule has 3 fully saturated rings. The molecule has 3 nitrogen and oxygen atoms in total. The van der Waals surface area contributed by atoms with E-state index in [1.165, 1.54) is 6.42 Å². The molecule has 0 unspecified atom stereocenters. The topological polar surface area (TPSA) is 37.4 Å². The van der Waals surface area contributed by atoms with Crippen molar-refractivity contribution in [2.75, 3.05) is 13.1 Å². The van der Waals surface area contributed by atoms with Crippen molar-refractivity contribution in [1.82, 2.24) is 4.90 Å². The van der Waals surface area contributed by atoms with Crippen LogP contribution in [0.1, 0.15) is 52.9 Å². The number of likely N-dealkylation sites (tertiary alicyclic amines) is 1. The number of carbonyl (C=O) groups is 2. The van der Waals surface area contributed by atoms with E-state index in [1.54, 1.807) is 0 Å². The van der Waals surface area contributed by atoms with Gasteiger partial charge < -0.3 is 4.90 Å². The third-order valence-corrected chi connectivity index (χ3v) is 7.94. The Morgan fingerprint density at radius 1 is 1.15 bits per heavy atom. The lowest BCUT2D eigenvalue weighted by Crippen LogP contribution is -2.53. The number of rotatable bonds is 1. The zero-order chi connectivity index (χ0) is 14.8. The first-order valence-corrected chi connectivity index (χ1v) is 8.68. The third kappa shape index (κ3) is 1.42. The van der Waals surface area contributed by atoms with Crippen LogP contribution in [0.4, 0.5) is 0 Å². The predicted molar refractivity (Wildman–Crippen MR) is 81.7 cm³/mol. The number of halogens is 1. The number of ketones is 1. The molecule has 3 atom stereocenters. The summed E-state index contributed by atoms with van der Waals surface area (Å²) in [5.41, 5.74) is -1.15. The number of carbonyl (C=O) groups excluding carboxylic acids is 2. The Morgan fingerprint density at radius 3 is 2.25 bits per heavy atom. The molecule has 0 aromatic carbocycles. The summed E-state index contributed by atoms with van der Waals surface area (Å²) in [5.74, 6) is 0.456. The van der Waals surface area contributed by atoms with Crippen molar-refractivity contribution in [3.05, 3.63) is 0 Å². The van der Waals surface area contributed by atoms with Crippen molar-refractivity contribution < 1.29 is 9.59 Å². The number of fused-ring (bicyclic) bond motifs is 2. The van der Waals surface area contributed by atoms with Gasteiger partial charge in [-0.25, -0.2) is 0 Å². The smallest absolute Gasteiger partial charge is 0.230 e. The van der Waals surface area contributed by atoms with Crippen LogP contribution in [0.3, 0.4) is 0 Å². The second-order valence-corrected chi connectivity index (χ2v) is 8.42. The molecule has 1 saturated heterocycles. The normalized spacial score (nSPS) is 43.1. The highest BCUT2D eigenvalue weighted by Gasteiger charge is 2.77. The lowest BCUT2D eigenvalue weighted by atomic mass is 9.64. The molecule has 0 aromatic heterocycles. The number of piperidine rings is 1. The average molecular weight is 342 g/mol. The van der Waals surface area contributed by atoms with Gasteiger partial charge in [-0.1, -0.05) is 36.7 Å². The molecule has 2 bridgehead atoms. The number of amides is 1. The molecule has 20 heavy (non-hydrogen) atoms. The molecule has 2 aliphatic carbocycles. The summed E-state index contributed by atoms with van der Waals surface area (Å²) in [5, 5.41) is 0. The summed E-state index contributed by atoms with van der Waals surface area (Å²) in [6.07, 6.45) is 5.10. The number of hydrogen-bond donors (Lipinski definition) is 0. The maximum absolute atomic E-state index is 13.2. The zero-order valence-corrected chi connectivity index (χ0v) is 14.3. The minimum absolute atomic E-state index is 0.221. The summed E-state index contributed by atoms with van der Waals surface area (Å²) in [6, 6.07) is 0. The molecular weight excluding hydrogens is 318 g/mol. The quantitative estimate of drug-likeness (QED) is 0.687. The maximum Gasteiger partial charge on any atom is 0.230 e. The van der Waals surface area contributed by atoms with Crippen LogP contribution >= 0.6 is 15.9 Å². The Morgan fingerprint density at radius 2 is 1.75 bits per heavy atom. The van der Waals surface area contributed by atoms with Gasteiger partial charge in [-0.2, -0.15) is 0 Å². The Hall–Kier alpha value is -0.380. The van der Waals surface area contributed by atoms with Gasteiger partial charge in [-0.15, -0.1) is 0 Å². The second kappa shape index (κ2) is 4.31. The average Bonchev–Trinajstić information content (AvgIpc) is 2.71. The summed E-state index contributed by atoms with van der Waals surface area (Å²) in [6.45, 7) is 8.03. The standard InChI is InChI=1S/C16H24BrNO2/c1-14(2)15(3)7-8-16(14,11(17)12(15)19)13(20)18-9-5-4-6-10-18/h11H,4-10H2,1-3H3/t11-,15+,16-/m1/s1. The minimum Gasteiger partial charge on any atom is -0.342 e. The van der Waals surface area contributed by atoms with Crippen LogP contribution in [0.15, 0.2) is 0 Å². The van der Waals surface area contributed by atoms with E-state index in [0.29, 0.717) is 0 Å². The fourth-order valence-corrected chi connectivity index (χ4v) is 6.31. The molecule has 4 heteroatoms. The molecule has 112 valence electrons. The first-order chi connectivity index (χ1) is 9.29. The first kappa shape index (κ1) is 14.6. The van der Waals surface area contributed by atoms with E-state index in [4.69, 9.17) is 0 Å². The Labute approximate surface area is 129 Å². The van der Waals surface area contributed by atoms with Crippen molar-refractivity contribution in [1.29, 1.82) is 0 Å². The van der Waals surface area contributed by atoms with Crippen LogP contribution in [-0.4, -0.2) is 34.5 Å². The van der Waals surface area contributed by atoms with Crippen molar-refractivity contribution in [2.45, 2.75) is 57.7 Å². The van der Waals surface area contributed by atoms with Crippen molar-refractivity contribution >= 4 is 27.6 Å². The van der Waals surface area contributed by atoms with Gasteiger partial charge in [0.25, 0.3) is 0 Å². The van der Waals surface area contributed by atoms with Gasteiger partial charge in [0.1, 0.15) is 0 Å². The molecule has 3 rings (SSSR count). The molecule has 0 spiro atoms. The number of nitrogens with zero attached hydrogens (tertiary/aromatic N) is 1. The fraction of sp³-hybridized carbons (Fsp3) is 0.875. The molecule has 0 N–H and O–H groups in total. The summed E-state index contributed by atoms with van der Waals surface area (Å²) >= 11 is 3.60. The minimum atomic E-state index is -0.532. The Kier molecular flexibility index (Phi) is 3.14. The highest BCUT2D eigenvalue weighted by Crippen LogP contribution is 2.72. The first-order valence-electron chi connectivity index (χ1n) is 7.77. The van der Waals surface area contributed by atoms with Crippen LogP contribution in [0.2, 0.25) is 0 Å². The molecule has 3 aliphatic rings. The third-order valence-electron chi connectivity index (χ3n) is 6.75. The van der Waals surface area contributed by atoms with Crippen molar-refractivity contribution in [2.24, 2.45) is 16.2 Å². The SMILES string of the molecule is CC1(C)[C@@]2(C)CC[C@]1(C(=O)N1CCCCC1)[C@H](Br)C2=O. The molecule has 0 aromatic rings. The van der Waals surface area contributed by atoms with Gasteiger partial charge in [-0.05, 0) is 37.5 Å². The summed E-state index contributed by atoms with van der Waals surface area (Å²) < 4.78 is 0. The lowest BCUT2D eigenvalue weighted by Gasteiger charge is -2.43. The van der Waals surface area contributed by atoms with Crippen LogP contribution in [0.5, 0.6) is 0 Å². The van der Waals surface area contributed by atoms with Crippen LogP contribution in [0.25, 0.3) is 0 Å². The van der Waals surface area contributed by atoms with Gasteiger partial charge >= 0.3 is 0 Å². The summed E-state index contributed by atoms with van der Waals surface area (Å²) in [4.78, 5) is 27.6. The second-order valence-electron chi connectivity index (χ2n) is 7.51. The molecule has 1 aliphatic heterocycles. The fourth-order valence-electron chi connectivity index (χ4n) is 4.80. The van der Waals surface area contributed by atoms with E-state index in [2.05, 4.69) is 36.7 Å². The van der Waals surface area contributed by atoms with Crippen LogP contribution in [0, 0.1) is 16.2 Å². The molecule has 1 heterocycles. The van der Waals surface area contributed by atoms with E-state index in [9.17, 15) is 9.59 Å². The number of hydrogen-bond acceptors (Lipinski definition) is 2. The highest BCUT2D eigenvalue weighted by atomic mass is 79.9. The van der Waals surface area contributed by atoms with E-state index >= 15 is 0 Å². The Bertz CT molecular complexity index is 469. The molecule has 1 amide bonds.